The quantitative estimate of drug-likeness (QED) is 0.617. The van der Waals surface area contributed by atoms with Gasteiger partial charge < -0.3 is 10.6 Å². The van der Waals surface area contributed by atoms with Crippen molar-refractivity contribution in [1.82, 2.24) is 15.1 Å². The molecule has 5 nitrogen and oxygen atoms in total. The number of benzene rings is 1. The summed E-state index contributed by atoms with van der Waals surface area (Å²) in [4.78, 5) is 13.6. The molecule has 0 radical (unpaired) electrons. The average Bonchev–Trinajstić information content (AvgIpc) is 3.25. The Hall–Kier alpha value is -2.60. The van der Waals surface area contributed by atoms with Crippen LogP contribution in [0.15, 0.2) is 47.8 Å². The number of hydrogen-bond acceptors (Lipinski definition) is 3. The van der Waals surface area contributed by atoms with Crippen LogP contribution in [-0.2, 0) is 5.41 Å². The molecule has 6 heteroatoms. The van der Waals surface area contributed by atoms with Gasteiger partial charge in [0.25, 0.3) is 0 Å². The highest BCUT2D eigenvalue weighted by Crippen LogP contribution is 2.25. The zero-order chi connectivity index (χ0) is 20.3. The Morgan fingerprint density at radius 1 is 1.18 bits per heavy atom. The summed E-state index contributed by atoms with van der Waals surface area (Å²) in [6, 6.07) is 13.9. The molecule has 1 aromatic carbocycles. The van der Waals surface area contributed by atoms with E-state index in [2.05, 4.69) is 60.8 Å². The van der Waals surface area contributed by atoms with Gasteiger partial charge in [0.1, 0.15) is 6.04 Å². The summed E-state index contributed by atoms with van der Waals surface area (Å²) in [7, 11) is 0. The molecule has 2 heterocycles. The van der Waals surface area contributed by atoms with E-state index in [9.17, 15) is 4.79 Å². The average molecular weight is 397 g/mol. The molecule has 148 valence electrons. The van der Waals surface area contributed by atoms with Gasteiger partial charge in [0.15, 0.2) is 0 Å². The van der Waals surface area contributed by atoms with Gasteiger partial charge in [-0.1, -0.05) is 39.0 Å². The number of hydrogen-bond donors (Lipinski definition) is 2. The van der Waals surface area contributed by atoms with Crippen molar-refractivity contribution < 1.29 is 4.79 Å². The van der Waals surface area contributed by atoms with Gasteiger partial charge >= 0.3 is 6.03 Å². The van der Waals surface area contributed by atoms with Crippen molar-refractivity contribution in [2.24, 2.45) is 0 Å². The first-order valence-electron chi connectivity index (χ1n) is 9.45. The second kappa shape index (κ2) is 8.19. The number of aromatic nitrogens is 2. The van der Waals surface area contributed by atoms with Crippen LogP contribution in [0, 0.1) is 13.8 Å². The van der Waals surface area contributed by atoms with Gasteiger partial charge in [-0.2, -0.15) is 5.10 Å². The number of thiophene rings is 1. The molecule has 0 fully saturated rings. The number of anilines is 1. The second-order valence-electron chi connectivity index (χ2n) is 8.07. The third-order valence-corrected chi connectivity index (χ3v) is 5.65. The third-order valence-electron chi connectivity index (χ3n) is 4.68. The van der Waals surface area contributed by atoms with Crippen LogP contribution < -0.4 is 10.6 Å². The van der Waals surface area contributed by atoms with Gasteiger partial charge in [-0.3, -0.25) is 4.68 Å². The topological polar surface area (TPSA) is 59.0 Å². The third kappa shape index (κ3) is 4.81. The van der Waals surface area contributed by atoms with Crippen LogP contribution in [0.3, 0.4) is 0 Å². The van der Waals surface area contributed by atoms with E-state index in [1.165, 1.54) is 10.4 Å². The van der Waals surface area contributed by atoms with Crippen LogP contribution in [0.4, 0.5) is 10.5 Å². The molecule has 1 unspecified atom stereocenters. The minimum absolute atomic E-state index is 0.0253. The Labute approximate surface area is 170 Å². The van der Waals surface area contributed by atoms with Crippen LogP contribution in [0.5, 0.6) is 0 Å². The van der Waals surface area contributed by atoms with Gasteiger partial charge in [0.2, 0.25) is 0 Å². The lowest BCUT2D eigenvalue weighted by Gasteiger charge is -2.20. The predicted molar refractivity (Wildman–Crippen MR) is 116 cm³/mol. The molecule has 2 N–H and O–H groups in total. The number of carbonyl (C=O) groups excluding carboxylic acids is 1. The summed E-state index contributed by atoms with van der Waals surface area (Å²) in [5.74, 6) is 0. The minimum atomic E-state index is -0.216. The number of nitrogens with zero attached hydrogens (tertiary/aromatic N) is 2. The zero-order valence-electron chi connectivity index (χ0n) is 17.1. The lowest BCUT2D eigenvalue weighted by molar-refractivity contribution is 0.250. The van der Waals surface area contributed by atoms with Crippen molar-refractivity contribution in [3.8, 4) is 0 Å². The molecule has 28 heavy (non-hydrogen) atoms. The highest BCUT2D eigenvalue weighted by Gasteiger charge is 2.19. The summed E-state index contributed by atoms with van der Waals surface area (Å²) >= 11 is 1.67. The number of rotatable bonds is 5. The molecular weight excluding hydrogens is 368 g/mol. The highest BCUT2D eigenvalue weighted by molar-refractivity contribution is 7.10. The normalized spacial score (nSPS) is 12.6. The smallest absolute Gasteiger partial charge is 0.319 e. The molecular formula is C22H28N4OS. The molecule has 3 rings (SSSR count). The van der Waals surface area contributed by atoms with E-state index < -0.39 is 0 Å². The van der Waals surface area contributed by atoms with Gasteiger partial charge in [-0.05, 0) is 54.5 Å². The van der Waals surface area contributed by atoms with Crippen molar-refractivity contribution in [3.63, 3.8) is 0 Å². The van der Waals surface area contributed by atoms with Gasteiger partial charge in [-0.15, -0.1) is 11.3 Å². The summed E-state index contributed by atoms with van der Waals surface area (Å²) in [6.07, 6.45) is 0. The highest BCUT2D eigenvalue weighted by atomic mass is 32.1. The minimum Gasteiger partial charge on any atom is -0.335 e. The molecule has 3 aromatic rings. The summed E-state index contributed by atoms with van der Waals surface area (Å²) < 4.78 is 1.99. The van der Waals surface area contributed by atoms with E-state index in [1.807, 2.05) is 42.1 Å². The number of amides is 2. The fourth-order valence-electron chi connectivity index (χ4n) is 3.17. The maximum absolute atomic E-state index is 12.4. The van der Waals surface area contributed by atoms with Crippen LogP contribution in [0.1, 0.15) is 48.6 Å². The Bertz CT molecular complexity index is 921. The molecule has 0 saturated heterocycles. The first-order valence-corrected chi connectivity index (χ1v) is 10.3. The van der Waals surface area contributed by atoms with Crippen molar-refractivity contribution in [2.45, 2.75) is 46.1 Å². The lowest BCUT2D eigenvalue weighted by atomic mass is 9.87. The number of urea groups is 1. The van der Waals surface area contributed by atoms with Crippen LogP contribution >= 0.6 is 11.3 Å². The summed E-state index contributed by atoms with van der Waals surface area (Å²) in [5.41, 5.74) is 4.16. The van der Waals surface area contributed by atoms with Gasteiger partial charge in [0.05, 0.1) is 5.69 Å². The Balaban J connectivity index is 1.66. The maximum Gasteiger partial charge on any atom is 0.319 e. The first kappa shape index (κ1) is 20.1. The summed E-state index contributed by atoms with van der Waals surface area (Å²) in [5, 5.41) is 12.6. The van der Waals surface area contributed by atoms with Crippen molar-refractivity contribution in [2.75, 3.05) is 11.9 Å². The molecule has 2 aromatic heterocycles. The van der Waals surface area contributed by atoms with E-state index in [1.54, 1.807) is 11.3 Å². The van der Waals surface area contributed by atoms with Crippen molar-refractivity contribution in [1.29, 1.82) is 0 Å². The van der Waals surface area contributed by atoms with E-state index in [0.29, 0.717) is 6.54 Å². The molecule has 1 atom stereocenters. The molecule has 2 amide bonds. The van der Waals surface area contributed by atoms with Crippen LogP contribution in [0.2, 0.25) is 0 Å². The monoisotopic (exact) mass is 396 g/mol. The fourth-order valence-corrected chi connectivity index (χ4v) is 3.98. The lowest BCUT2D eigenvalue weighted by Crippen LogP contribution is -2.34. The molecule has 0 aliphatic carbocycles. The van der Waals surface area contributed by atoms with Gasteiger partial charge in [0, 0.05) is 22.8 Å². The first-order chi connectivity index (χ1) is 13.2. The standard InChI is InChI=1S/C22H28N4OS/c1-15-13-16(2)26(25-15)19(20-7-6-12-28-20)14-23-21(27)24-18-10-8-17(9-11-18)22(3,4)5/h6-13,19H,14H2,1-5H3,(H2,23,24,27). The maximum atomic E-state index is 12.4. The van der Waals surface area contributed by atoms with E-state index in [0.717, 1.165) is 17.1 Å². The van der Waals surface area contributed by atoms with E-state index in [-0.39, 0.29) is 17.5 Å². The van der Waals surface area contributed by atoms with E-state index >= 15 is 0 Å². The zero-order valence-corrected chi connectivity index (χ0v) is 17.9. The van der Waals surface area contributed by atoms with Crippen LogP contribution in [-0.4, -0.2) is 22.4 Å². The molecule has 0 aliphatic heterocycles. The number of carbonyl (C=O) groups is 1. The predicted octanol–water partition coefficient (Wildman–Crippen LogP) is 5.27. The van der Waals surface area contributed by atoms with Crippen molar-refractivity contribution in [3.05, 3.63) is 69.7 Å². The Morgan fingerprint density at radius 3 is 2.43 bits per heavy atom. The van der Waals surface area contributed by atoms with Crippen molar-refractivity contribution >= 4 is 23.1 Å². The number of nitrogens with one attached hydrogen (secondary N) is 2. The van der Waals surface area contributed by atoms with E-state index in [4.69, 9.17) is 0 Å². The number of aryl methyl sites for hydroxylation is 2. The molecule has 0 bridgehead atoms. The second-order valence-corrected chi connectivity index (χ2v) is 9.04. The fraction of sp³-hybridized carbons (Fsp3) is 0.364. The van der Waals surface area contributed by atoms with Crippen LogP contribution in [0.25, 0.3) is 0 Å². The Morgan fingerprint density at radius 2 is 1.89 bits per heavy atom. The molecule has 0 aliphatic rings. The largest absolute Gasteiger partial charge is 0.335 e. The van der Waals surface area contributed by atoms with Gasteiger partial charge in [-0.25, -0.2) is 4.79 Å². The summed E-state index contributed by atoms with van der Waals surface area (Å²) in [6.45, 7) is 11.0. The molecule has 0 spiro atoms. The SMILES string of the molecule is Cc1cc(C)n(C(CNC(=O)Nc2ccc(C(C)(C)C)cc2)c2cccs2)n1. The molecule has 0 saturated carbocycles. The Kier molecular flexibility index (Phi) is 5.89.